The molecular formula is C15H18FN3O3S. The summed E-state index contributed by atoms with van der Waals surface area (Å²) in [6.07, 6.45) is 3.20. The summed E-state index contributed by atoms with van der Waals surface area (Å²) in [5, 5.41) is 3.71. The predicted octanol–water partition coefficient (Wildman–Crippen LogP) is 2.13. The van der Waals surface area contributed by atoms with Crippen LogP contribution in [0.5, 0.6) is 0 Å². The number of nitrogens with one attached hydrogen (secondary N) is 1. The first-order valence-electron chi connectivity index (χ1n) is 6.84. The number of hydrogen-bond donors (Lipinski definition) is 1. The minimum absolute atomic E-state index is 0.00212. The van der Waals surface area contributed by atoms with Crippen molar-refractivity contribution in [2.24, 2.45) is 0 Å². The van der Waals surface area contributed by atoms with Crippen molar-refractivity contribution in [3.63, 3.8) is 0 Å². The van der Waals surface area contributed by atoms with Gasteiger partial charge < -0.3 is 9.42 Å². The molecule has 1 N–H and O–H groups in total. The Kier molecular flexibility index (Phi) is 5.17. The van der Waals surface area contributed by atoms with E-state index in [0.29, 0.717) is 5.56 Å². The van der Waals surface area contributed by atoms with E-state index in [1.165, 1.54) is 30.3 Å². The van der Waals surface area contributed by atoms with Gasteiger partial charge in [0.1, 0.15) is 11.5 Å². The molecule has 0 saturated carbocycles. The molecule has 0 radical (unpaired) electrons. The molecule has 0 aliphatic carbocycles. The van der Waals surface area contributed by atoms with Gasteiger partial charge in [-0.3, -0.25) is 0 Å². The van der Waals surface area contributed by atoms with Gasteiger partial charge in [0.05, 0.1) is 0 Å². The Morgan fingerprint density at radius 1 is 1.30 bits per heavy atom. The van der Waals surface area contributed by atoms with Crippen molar-refractivity contribution >= 4 is 16.1 Å². The van der Waals surface area contributed by atoms with Crippen molar-refractivity contribution in [1.82, 2.24) is 14.8 Å². The highest BCUT2D eigenvalue weighted by atomic mass is 32.2. The van der Waals surface area contributed by atoms with Gasteiger partial charge in [0.2, 0.25) is 10.0 Å². The number of benzene rings is 1. The molecular weight excluding hydrogens is 321 g/mol. The van der Waals surface area contributed by atoms with Gasteiger partial charge in [-0.1, -0.05) is 17.3 Å². The quantitative estimate of drug-likeness (QED) is 0.873. The van der Waals surface area contributed by atoms with Crippen molar-refractivity contribution in [2.75, 3.05) is 14.1 Å². The van der Waals surface area contributed by atoms with Crippen molar-refractivity contribution in [3.05, 3.63) is 53.3 Å². The maximum atomic E-state index is 12.9. The smallest absolute Gasteiger partial charge is 0.246 e. The maximum absolute atomic E-state index is 12.9. The van der Waals surface area contributed by atoms with Gasteiger partial charge in [-0.15, -0.1) is 0 Å². The van der Waals surface area contributed by atoms with Crippen molar-refractivity contribution in [3.8, 4) is 0 Å². The number of halogens is 1. The van der Waals surface area contributed by atoms with E-state index >= 15 is 0 Å². The Morgan fingerprint density at radius 3 is 2.57 bits per heavy atom. The summed E-state index contributed by atoms with van der Waals surface area (Å²) in [6, 6.07) is 5.59. The maximum Gasteiger partial charge on any atom is 0.246 e. The fourth-order valence-electron chi connectivity index (χ4n) is 1.88. The zero-order chi connectivity index (χ0) is 17.0. The third-order valence-corrected chi connectivity index (χ3v) is 4.56. The molecule has 124 valence electrons. The van der Waals surface area contributed by atoms with Crippen LogP contribution < -0.4 is 4.72 Å². The van der Waals surface area contributed by atoms with Crippen molar-refractivity contribution in [2.45, 2.75) is 18.4 Å². The van der Waals surface area contributed by atoms with E-state index in [4.69, 9.17) is 4.52 Å². The molecule has 23 heavy (non-hydrogen) atoms. The predicted molar refractivity (Wildman–Crippen MR) is 84.4 cm³/mol. The molecule has 0 spiro atoms. The molecule has 0 atom stereocenters. The average molecular weight is 339 g/mol. The molecule has 0 aliphatic heterocycles. The fraction of sp³-hybridized carbons (Fsp3) is 0.267. The molecule has 0 bridgehead atoms. The summed E-state index contributed by atoms with van der Waals surface area (Å²) < 4.78 is 45.4. The van der Waals surface area contributed by atoms with E-state index in [2.05, 4.69) is 9.88 Å². The van der Waals surface area contributed by atoms with E-state index in [-0.39, 0.29) is 28.7 Å². The molecule has 0 unspecified atom stereocenters. The van der Waals surface area contributed by atoms with Gasteiger partial charge in [-0.2, -0.15) is 0 Å². The van der Waals surface area contributed by atoms with E-state index in [9.17, 15) is 12.8 Å². The van der Waals surface area contributed by atoms with Gasteiger partial charge in [-0.25, -0.2) is 17.5 Å². The average Bonchev–Trinajstić information content (AvgIpc) is 2.86. The summed E-state index contributed by atoms with van der Waals surface area (Å²) in [5.74, 6) is -0.217. The molecule has 8 heteroatoms. The van der Waals surface area contributed by atoms with Crippen LogP contribution in [0.15, 0.2) is 39.9 Å². The minimum Gasteiger partial charge on any atom is -0.383 e. The summed E-state index contributed by atoms with van der Waals surface area (Å²) in [5.41, 5.74) is 0.921. The second-order valence-electron chi connectivity index (χ2n) is 5.19. The lowest BCUT2D eigenvalue weighted by Gasteiger charge is -2.07. The Labute approximate surface area is 134 Å². The fourth-order valence-corrected chi connectivity index (χ4v) is 3.18. The standard InChI is InChI=1S/C15H18FN3O3S/c1-11-15(14(22-18-11)8-9-19(2)3)23(20,21)17-10-12-4-6-13(16)7-5-12/h4-9,17H,10H2,1-3H3/b9-8+. The van der Waals surface area contributed by atoms with Gasteiger partial charge in [0.25, 0.3) is 0 Å². The molecule has 2 rings (SSSR count). The lowest BCUT2D eigenvalue weighted by atomic mass is 10.2. The second-order valence-corrected chi connectivity index (χ2v) is 6.90. The summed E-state index contributed by atoms with van der Waals surface area (Å²) in [6.45, 7) is 1.60. The van der Waals surface area contributed by atoms with Gasteiger partial charge >= 0.3 is 0 Å². The largest absolute Gasteiger partial charge is 0.383 e. The van der Waals surface area contributed by atoms with Crippen molar-refractivity contribution in [1.29, 1.82) is 0 Å². The Balaban J connectivity index is 2.22. The highest BCUT2D eigenvalue weighted by Crippen LogP contribution is 2.21. The number of sulfonamides is 1. The van der Waals surface area contributed by atoms with E-state index in [1.807, 2.05) is 0 Å². The van der Waals surface area contributed by atoms with E-state index in [1.54, 1.807) is 32.1 Å². The van der Waals surface area contributed by atoms with Crippen LogP contribution in [0.4, 0.5) is 4.39 Å². The van der Waals surface area contributed by atoms with E-state index < -0.39 is 10.0 Å². The number of hydrogen-bond acceptors (Lipinski definition) is 5. The first-order chi connectivity index (χ1) is 10.8. The summed E-state index contributed by atoms with van der Waals surface area (Å²) >= 11 is 0. The lowest BCUT2D eigenvalue weighted by molar-refractivity contribution is 0.405. The molecule has 6 nitrogen and oxygen atoms in total. The minimum atomic E-state index is -3.80. The van der Waals surface area contributed by atoms with Crippen LogP contribution in [0.1, 0.15) is 17.0 Å². The third-order valence-electron chi connectivity index (χ3n) is 3.01. The zero-order valence-corrected chi connectivity index (χ0v) is 13.9. The lowest BCUT2D eigenvalue weighted by Crippen LogP contribution is -2.24. The van der Waals surface area contributed by atoms with Crippen LogP contribution in [0.25, 0.3) is 6.08 Å². The Bertz CT molecular complexity index is 796. The Hall–Kier alpha value is -2.19. The van der Waals surface area contributed by atoms with Crippen LogP contribution in [0.3, 0.4) is 0 Å². The van der Waals surface area contributed by atoms with Crippen LogP contribution in [0.2, 0.25) is 0 Å². The van der Waals surface area contributed by atoms with Gasteiger partial charge in [0.15, 0.2) is 10.7 Å². The highest BCUT2D eigenvalue weighted by Gasteiger charge is 2.25. The molecule has 1 aromatic carbocycles. The number of nitrogens with zero attached hydrogens (tertiary/aromatic N) is 2. The molecule has 0 amide bonds. The van der Waals surface area contributed by atoms with Crippen LogP contribution in [-0.2, 0) is 16.6 Å². The number of aryl methyl sites for hydroxylation is 1. The van der Waals surface area contributed by atoms with Crippen LogP contribution >= 0.6 is 0 Å². The molecule has 1 heterocycles. The Morgan fingerprint density at radius 2 is 1.96 bits per heavy atom. The molecule has 2 aromatic rings. The van der Waals surface area contributed by atoms with Crippen LogP contribution in [0, 0.1) is 12.7 Å². The normalized spacial score (nSPS) is 12.0. The molecule has 0 aliphatic rings. The number of aromatic nitrogens is 1. The van der Waals surface area contributed by atoms with Crippen LogP contribution in [-0.4, -0.2) is 32.6 Å². The second kappa shape index (κ2) is 6.93. The van der Waals surface area contributed by atoms with Gasteiger partial charge in [0, 0.05) is 32.9 Å². The monoisotopic (exact) mass is 339 g/mol. The highest BCUT2D eigenvalue weighted by molar-refractivity contribution is 7.89. The summed E-state index contributed by atoms with van der Waals surface area (Å²) in [7, 11) is -0.192. The number of rotatable bonds is 6. The topological polar surface area (TPSA) is 75.4 Å². The SMILES string of the molecule is Cc1noc(/C=C/N(C)C)c1S(=O)(=O)NCc1ccc(F)cc1. The van der Waals surface area contributed by atoms with Gasteiger partial charge in [-0.05, 0) is 24.6 Å². The summed E-state index contributed by atoms with van der Waals surface area (Å²) in [4.78, 5) is 1.75. The first-order valence-corrected chi connectivity index (χ1v) is 8.33. The van der Waals surface area contributed by atoms with Crippen molar-refractivity contribution < 1.29 is 17.3 Å². The molecule has 0 saturated heterocycles. The first kappa shape index (κ1) is 17.2. The third kappa shape index (κ3) is 4.40. The molecule has 0 fully saturated rings. The zero-order valence-electron chi connectivity index (χ0n) is 13.1. The molecule has 1 aromatic heterocycles. The van der Waals surface area contributed by atoms with E-state index in [0.717, 1.165) is 0 Å².